The van der Waals surface area contributed by atoms with Gasteiger partial charge in [0.25, 0.3) is 0 Å². The highest BCUT2D eigenvalue weighted by Crippen LogP contribution is 2.18. The Balaban J connectivity index is 2.80. The van der Waals surface area contributed by atoms with Crippen molar-refractivity contribution in [2.75, 3.05) is 6.54 Å². The van der Waals surface area contributed by atoms with E-state index in [0.717, 1.165) is 0 Å². The van der Waals surface area contributed by atoms with Crippen molar-refractivity contribution in [2.45, 2.75) is 6.42 Å². The Morgan fingerprint density at radius 2 is 2.27 bits per heavy atom. The summed E-state index contributed by atoms with van der Waals surface area (Å²) >= 11 is 5.57. The van der Waals surface area contributed by atoms with Gasteiger partial charge in [-0.15, -0.1) is 0 Å². The molecule has 0 aliphatic heterocycles. The molecule has 0 aliphatic carbocycles. The monoisotopic (exact) mass is 231 g/mol. The maximum atomic E-state index is 12.8. The third-order valence-corrected chi connectivity index (χ3v) is 2.39. The fraction of sp³-hybridized carbons (Fsp3) is 0.300. The molecule has 0 fully saturated rings. The van der Waals surface area contributed by atoms with Crippen LogP contribution in [-0.4, -0.2) is 17.6 Å². The van der Waals surface area contributed by atoms with Crippen molar-refractivity contribution in [1.29, 1.82) is 0 Å². The van der Waals surface area contributed by atoms with Gasteiger partial charge in [-0.25, -0.2) is 4.39 Å². The number of halogens is 2. The van der Waals surface area contributed by atoms with Crippen LogP contribution in [-0.2, 0) is 11.2 Å². The first kappa shape index (κ1) is 11.9. The third-order valence-electron chi connectivity index (χ3n) is 2.10. The summed E-state index contributed by atoms with van der Waals surface area (Å²) in [5.41, 5.74) is 5.97. The molecule has 0 aromatic heterocycles. The van der Waals surface area contributed by atoms with E-state index < -0.39 is 17.7 Å². The molecule has 0 spiro atoms. The highest BCUT2D eigenvalue weighted by atomic mass is 35.5. The molecular weight excluding hydrogens is 221 g/mol. The smallest absolute Gasteiger partial charge is 0.308 e. The minimum atomic E-state index is -0.960. The van der Waals surface area contributed by atoms with Gasteiger partial charge in [-0.05, 0) is 24.1 Å². The molecule has 0 heterocycles. The van der Waals surface area contributed by atoms with Crippen LogP contribution < -0.4 is 5.73 Å². The lowest BCUT2D eigenvalue weighted by Crippen LogP contribution is -2.25. The van der Waals surface area contributed by atoms with Crippen molar-refractivity contribution < 1.29 is 14.3 Å². The maximum absolute atomic E-state index is 12.8. The molecule has 3 N–H and O–H groups in total. The van der Waals surface area contributed by atoms with Crippen LogP contribution in [0.5, 0.6) is 0 Å². The van der Waals surface area contributed by atoms with E-state index in [1.165, 1.54) is 18.2 Å². The average Bonchev–Trinajstić information content (AvgIpc) is 2.19. The summed E-state index contributed by atoms with van der Waals surface area (Å²) in [5, 5.41) is 8.77. The van der Waals surface area contributed by atoms with E-state index in [-0.39, 0.29) is 18.0 Å². The van der Waals surface area contributed by atoms with E-state index in [1.807, 2.05) is 0 Å². The van der Waals surface area contributed by atoms with Crippen LogP contribution in [0, 0.1) is 11.7 Å². The molecule has 3 nitrogen and oxygen atoms in total. The zero-order chi connectivity index (χ0) is 11.4. The molecule has 0 aliphatic rings. The number of carbonyl (C=O) groups is 1. The molecule has 5 heteroatoms. The number of benzene rings is 1. The number of rotatable bonds is 4. The quantitative estimate of drug-likeness (QED) is 0.829. The first-order chi connectivity index (χ1) is 7.04. The summed E-state index contributed by atoms with van der Waals surface area (Å²) in [4.78, 5) is 10.7. The largest absolute Gasteiger partial charge is 0.481 e. The predicted octanol–water partition coefficient (Wildman–Crippen LogP) is 1.68. The van der Waals surface area contributed by atoms with Crippen LogP contribution in [0.2, 0.25) is 5.02 Å². The molecule has 15 heavy (non-hydrogen) atoms. The van der Waals surface area contributed by atoms with Crippen molar-refractivity contribution in [2.24, 2.45) is 11.7 Å². The van der Waals surface area contributed by atoms with Crippen LogP contribution in [0.1, 0.15) is 5.56 Å². The van der Waals surface area contributed by atoms with Crippen LogP contribution in [0.15, 0.2) is 18.2 Å². The van der Waals surface area contributed by atoms with Crippen LogP contribution in [0.25, 0.3) is 0 Å². The third kappa shape index (κ3) is 3.18. The van der Waals surface area contributed by atoms with Crippen LogP contribution >= 0.6 is 11.6 Å². The minimum absolute atomic E-state index is 0.00587. The molecule has 0 saturated heterocycles. The first-order valence-corrected chi connectivity index (χ1v) is 4.79. The Kier molecular flexibility index (Phi) is 4.05. The molecule has 1 aromatic carbocycles. The Labute approximate surface area is 91.7 Å². The number of carboxylic acids is 1. The molecule has 0 bridgehead atoms. The second-order valence-corrected chi connectivity index (χ2v) is 3.63. The van der Waals surface area contributed by atoms with Gasteiger partial charge in [0.05, 0.1) is 10.9 Å². The Bertz CT molecular complexity index is 370. The maximum Gasteiger partial charge on any atom is 0.308 e. The predicted molar refractivity (Wildman–Crippen MR) is 55.3 cm³/mol. The average molecular weight is 232 g/mol. The Morgan fingerprint density at radius 3 is 2.73 bits per heavy atom. The standard InChI is InChI=1S/C10H11ClFNO2/c11-8-4-6(1-2-9(8)12)3-7(5-13)10(14)15/h1-2,4,7H,3,5,13H2,(H,14,15). The van der Waals surface area contributed by atoms with Gasteiger partial charge in [-0.1, -0.05) is 17.7 Å². The summed E-state index contributed by atoms with van der Waals surface area (Å²) in [7, 11) is 0. The van der Waals surface area contributed by atoms with Gasteiger partial charge in [0, 0.05) is 6.54 Å². The number of hydrogen-bond donors (Lipinski definition) is 2. The molecular formula is C10H11ClFNO2. The summed E-state index contributed by atoms with van der Waals surface area (Å²) < 4.78 is 12.8. The first-order valence-electron chi connectivity index (χ1n) is 4.41. The van der Waals surface area contributed by atoms with Gasteiger partial charge in [0.2, 0.25) is 0 Å². The van der Waals surface area contributed by atoms with Crippen molar-refractivity contribution in [3.05, 3.63) is 34.6 Å². The minimum Gasteiger partial charge on any atom is -0.481 e. The lowest BCUT2D eigenvalue weighted by Gasteiger charge is -2.09. The Morgan fingerprint density at radius 1 is 1.60 bits per heavy atom. The van der Waals surface area contributed by atoms with E-state index in [9.17, 15) is 9.18 Å². The molecule has 1 unspecified atom stereocenters. The van der Waals surface area contributed by atoms with Crippen molar-refractivity contribution in [3.8, 4) is 0 Å². The summed E-state index contributed by atoms with van der Waals surface area (Å²) in [6.07, 6.45) is 0.256. The second-order valence-electron chi connectivity index (χ2n) is 3.22. The fourth-order valence-electron chi connectivity index (χ4n) is 1.22. The van der Waals surface area contributed by atoms with Crippen molar-refractivity contribution in [1.82, 2.24) is 0 Å². The van der Waals surface area contributed by atoms with E-state index in [4.69, 9.17) is 22.4 Å². The van der Waals surface area contributed by atoms with Crippen LogP contribution in [0.4, 0.5) is 4.39 Å². The van der Waals surface area contributed by atoms with Gasteiger partial charge in [-0.2, -0.15) is 0 Å². The van der Waals surface area contributed by atoms with Crippen molar-refractivity contribution >= 4 is 17.6 Å². The van der Waals surface area contributed by atoms with Gasteiger partial charge in [0.1, 0.15) is 5.82 Å². The summed E-state index contributed by atoms with van der Waals surface area (Å²) in [6.45, 7) is 0.0460. The lowest BCUT2D eigenvalue weighted by molar-refractivity contribution is -0.141. The number of aliphatic carboxylic acids is 1. The fourth-order valence-corrected chi connectivity index (χ4v) is 1.43. The highest BCUT2D eigenvalue weighted by molar-refractivity contribution is 6.30. The molecule has 1 rings (SSSR count). The van der Waals surface area contributed by atoms with E-state index in [0.29, 0.717) is 5.56 Å². The molecule has 0 saturated carbocycles. The second kappa shape index (κ2) is 5.09. The van der Waals surface area contributed by atoms with E-state index in [1.54, 1.807) is 0 Å². The Hall–Kier alpha value is -1.13. The van der Waals surface area contributed by atoms with Gasteiger partial charge >= 0.3 is 5.97 Å². The van der Waals surface area contributed by atoms with Gasteiger partial charge in [0.15, 0.2) is 0 Å². The molecule has 1 atom stereocenters. The lowest BCUT2D eigenvalue weighted by atomic mass is 10.00. The zero-order valence-corrected chi connectivity index (χ0v) is 8.67. The van der Waals surface area contributed by atoms with Crippen LogP contribution in [0.3, 0.4) is 0 Å². The van der Waals surface area contributed by atoms with E-state index >= 15 is 0 Å². The molecule has 82 valence electrons. The number of hydrogen-bond acceptors (Lipinski definition) is 2. The summed E-state index contributed by atoms with van der Waals surface area (Å²) in [6, 6.07) is 4.14. The van der Waals surface area contributed by atoms with E-state index in [2.05, 4.69) is 0 Å². The zero-order valence-electron chi connectivity index (χ0n) is 7.91. The van der Waals surface area contributed by atoms with Gasteiger partial charge < -0.3 is 10.8 Å². The highest BCUT2D eigenvalue weighted by Gasteiger charge is 2.16. The molecule has 1 aromatic rings. The van der Waals surface area contributed by atoms with Gasteiger partial charge in [-0.3, -0.25) is 4.79 Å². The molecule has 0 radical (unpaired) electrons. The number of carboxylic acid groups (broad SMARTS) is 1. The van der Waals surface area contributed by atoms with Crippen molar-refractivity contribution in [3.63, 3.8) is 0 Å². The number of nitrogens with two attached hydrogens (primary N) is 1. The molecule has 0 amide bonds. The normalized spacial score (nSPS) is 12.5. The topological polar surface area (TPSA) is 63.3 Å². The summed E-state index contributed by atoms with van der Waals surface area (Å²) in [5.74, 6) is -2.13. The SMILES string of the molecule is NCC(Cc1ccc(F)c(Cl)c1)C(=O)O.